The quantitative estimate of drug-likeness (QED) is 0.839. The highest BCUT2D eigenvalue weighted by Gasteiger charge is 2.14. The van der Waals surface area contributed by atoms with Crippen molar-refractivity contribution in [2.24, 2.45) is 5.92 Å². The third kappa shape index (κ3) is 4.05. The number of aliphatic hydroxyl groups is 1. The fourth-order valence-electron chi connectivity index (χ4n) is 2.06. The zero-order valence-corrected chi connectivity index (χ0v) is 11.4. The lowest BCUT2D eigenvalue weighted by Crippen LogP contribution is -2.29. The van der Waals surface area contributed by atoms with Gasteiger partial charge in [-0.25, -0.2) is 0 Å². The van der Waals surface area contributed by atoms with Crippen LogP contribution >= 0.6 is 0 Å². The molecule has 1 N–H and O–H groups in total. The summed E-state index contributed by atoms with van der Waals surface area (Å²) in [6.07, 6.45) is 0.0128. The summed E-state index contributed by atoms with van der Waals surface area (Å²) in [6.45, 7) is 7.69. The van der Waals surface area contributed by atoms with Crippen LogP contribution in [-0.2, 0) is 0 Å². The van der Waals surface area contributed by atoms with E-state index in [2.05, 4.69) is 24.8 Å². The Morgan fingerprint density at radius 1 is 1.28 bits per heavy atom. The van der Waals surface area contributed by atoms with Crippen molar-refractivity contribution in [3.8, 4) is 6.07 Å². The summed E-state index contributed by atoms with van der Waals surface area (Å²) >= 11 is 0. The van der Waals surface area contributed by atoms with E-state index in [4.69, 9.17) is 5.26 Å². The number of anilines is 1. The summed E-state index contributed by atoms with van der Waals surface area (Å²) in [6, 6.07) is 10.1. The molecule has 0 amide bonds. The summed E-state index contributed by atoms with van der Waals surface area (Å²) < 4.78 is 0. The molecule has 0 aromatic heterocycles. The molecule has 98 valence electrons. The highest BCUT2D eigenvalue weighted by atomic mass is 16.3. The zero-order valence-electron chi connectivity index (χ0n) is 11.4. The van der Waals surface area contributed by atoms with Crippen molar-refractivity contribution in [3.63, 3.8) is 0 Å². The minimum atomic E-state index is -0.488. The molecule has 0 saturated heterocycles. The molecule has 0 heterocycles. The summed E-state index contributed by atoms with van der Waals surface area (Å²) in [5.74, 6) is 0.519. The van der Waals surface area contributed by atoms with Gasteiger partial charge >= 0.3 is 0 Å². The average molecular weight is 246 g/mol. The van der Waals surface area contributed by atoms with Crippen LogP contribution < -0.4 is 4.90 Å². The Hall–Kier alpha value is -1.53. The van der Waals surface area contributed by atoms with E-state index in [0.717, 1.165) is 17.8 Å². The highest BCUT2D eigenvalue weighted by Crippen LogP contribution is 2.26. The van der Waals surface area contributed by atoms with Crippen LogP contribution in [-0.4, -0.2) is 18.2 Å². The molecule has 18 heavy (non-hydrogen) atoms. The molecule has 1 rings (SSSR count). The first-order chi connectivity index (χ1) is 8.56. The molecular weight excluding hydrogens is 224 g/mol. The van der Waals surface area contributed by atoms with Crippen LogP contribution in [0.3, 0.4) is 0 Å². The van der Waals surface area contributed by atoms with E-state index in [9.17, 15) is 5.11 Å². The molecule has 1 atom stereocenters. The fraction of sp³-hybridized carbons (Fsp3) is 0.533. The number of benzene rings is 1. The van der Waals surface area contributed by atoms with Crippen LogP contribution in [0.5, 0.6) is 0 Å². The van der Waals surface area contributed by atoms with Gasteiger partial charge in [-0.1, -0.05) is 32.0 Å². The Kier molecular flexibility index (Phi) is 5.67. The number of hydrogen-bond donors (Lipinski definition) is 1. The lowest BCUT2D eigenvalue weighted by atomic mass is 10.1. The van der Waals surface area contributed by atoms with Gasteiger partial charge in [-0.05, 0) is 18.9 Å². The van der Waals surface area contributed by atoms with Crippen LogP contribution in [0.4, 0.5) is 5.69 Å². The third-order valence-electron chi connectivity index (χ3n) is 2.81. The van der Waals surface area contributed by atoms with E-state index < -0.39 is 6.10 Å². The molecular formula is C15H22N2O. The summed E-state index contributed by atoms with van der Waals surface area (Å²) in [5.41, 5.74) is 1.97. The third-order valence-corrected chi connectivity index (χ3v) is 2.81. The Bertz CT molecular complexity index is 407. The fourth-order valence-corrected chi connectivity index (χ4v) is 2.06. The molecule has 1 unspecified atom stereocenters. The van der Waals surface area contributed by atoms with E-state index in [0.29, 0.717) is 18.9 Å². The predicted octanol–water partition coefficient (Wildman–Crippen LogP) is 3.12. The summed E-state index contributed by atoms with van der Waals surface area (Å²) in [4.78, 5) is 2.19. The summed E-state index contributed by atoms with van der Waals surface area (Å²) in [7, 11) is 0. The summed E-state index contributed by atoms with van der Waals surface area (Å²) in [5, 5.41) is 18.6. The maximum atomic E-state index is 9.82. The van der Waals surface area contributed by atoms with Gasteiger partial charge in [-0.2, -0.15) is 5.26 Å². The Morgan fingerprint density at radius 3 is 2.50 bits per heavy atom. The standard InChI is InChI=1S/C15H22N2O/c1-12(2)11-17(10-6-9-16)15-8-5-4-7-14(15)13(3)18/h4-5,7-8,12-13,18H,6,10-11H2,1-3H3. The van der Waals surface area contributed by atoms with E-state index >= 15 is 0 Å². The second-order valence-electron chi connectivity index (χ2n) is 4.98. The van der Waals surface area contributed by atoms with Crippen molar-refractivity contribution in [1.29, 1.82) is 5.26 Å². The first-order valence-corrected chi connectivity index (χ1v) is 6.45. The molecule has 1 aromatic carbocycles. The SMILES string of the molecule is CC(C)CN(CCC#N)c1ccccc1C(C)O. The molecule has 0 radical (unpaired) electrons. The number of nitrogens with zero attached hydrogens (tertiary/aromatic N) is 2. The maximum Gasteiger partial charge on any atom is 0.0781 e. The van der Waals surface area contributed by atoms with Gasteiger partial charge in [0.25, 0.3) is 0 Å². The van der Waals surface area contributed by atoms with Gasteiger partial charge < -0.3 is 10.0 Å². The molecule has 0 saturated carbocycles. The minimum Gasteiger partial charge on any atom is -0.389 e. The van der Waals surface area contributed by atoms with Crippen LogP contribution in [0.25, 0.3) is 0 Å². The molecule has 0 aliphatic rings. The minimum absolute atomic E-state index is 0.488. The largest absolute Gasteiger partial charge is 0.389 e. The van der Waals surface area contributed by atoms with Crippen molar-refractivity contribution < 1.29 is 5.11 Å². The molecule has 0 aliphatic carbocycles. The first kappa shape index (κ1) is 14.5. The highest BCUT2D eigenvalue weighted by molar-refractivity contribution is 5.54. The topological polar surface area (TPSA) is 47.3 Å². The molecule has 0 bridgehead atoms. The van der Waals surface area contributed by atoms with E-state index in [1.807, 2.05) is 24.3 Å². The molecule has 0 spiro atoms. The predicted molar refractivity (Wildman–Crippen MR) is 74.4 cm³/mol. The van der Waals surface area contributed by atoms with Crippen molar-refractivity contribution in [2.45, 2.75) is 33.3 Å². The van der Waals surface area contributed by atoms with Gasteiger partial charge in [0.15, 0.2) is 0 Å². The van der Waals surface area contributed by atoms with Crippen LogP contribution in [0.2, 0.25) is 0 Å². The van der Waals surface area contributed by atoms with Crippen LogP contribution in [0, 0.1) is 17.2 Å². The van der Waals surface area contributed by atoms with Crippen molar-refractivity contribution in [3.05, 3.63) is 29.8 Å². The smallest absolute Gasteiger partial charge is 0.0781 e. The van der Waals surface area contributed by atoms with E-state index in [1.165, 1.54) is 0 Å². The second-order valence-corrected chi connectivity index (χ2v) is 4.98. The lowest BCUT2D eigenvalue weighted by Gasteiger charge is -2.28. The van der Waals surface area contributed by atoms with Crippen molar-refractivity contribution in [2.75, 3.05) is 18.0 Å². The zero-order chi connectivity index (χ0) is 13.5. The monoisotopic (exact) mass is 246 g/mol. The molecule has 3 nitrogen and oxygen atoms in total. The van der Waals surface area contributed by atoms with Crippen molar-refractivity contribution >= 4 is 5.69 Å². The van der Waals surface area contributed by atoms with Gasteiger partial charge in [0, 0.05) is 24.3 Å². The molecule has 3 heteroatoms. The Balaban J connectivity index is 3.00. The van der Waals surface area contributed by atoms with Crippen LogP contribution in [0.15, 0.2) is 24.3 Å². The Labute approximate surface area is 110 Å². The van der Waals surface area contributed by atoms with E-state index in [1.54, 1.807) is 6.92 Å². The van der Waals surface area contributed by atoms with Gasteiger partial charge in [0.2, 0.25) is 0 Å². The maximum absolute atomic E-state index is 9.82. The number of hydrogen-bond acceptors (Lipinski definition) is 3. The van der Waals surface area contributed by atoms with Crippen molar-refractivity contribution in [1.82, 2.24) is 0 Å². The van der Waals surface area contributed by atoms with Gasteiger partial charge in [-0.15, -0.1) is 0 Å². The normalized spacial score (nSPS) is 12.2. The number of para-hydroxylation sites is 1. The Morgan fingerprint density at radius 2 is 1.94 bits per heavy atom. The molecule has 0 aliphatic heterocycles. The van der Waals surface area contributed by atoms with Gasteiger partial charge in [-0.3, -0.25) is 0 Å². The first-order valence-electron chi connectivity index (χ1n) is 6.45. The lowest BCUT2D eigenvalue weighted by molar-refractivity contribution is 0.199. The van der Waals surface area contributed by atoms with Gasteiger partial charge in [0.1, 0.15) is 0 Å². The second kappa shape index (κ2) is 7.03. The average Bonchev–Trinajstić information content (AvgIpc) is 2.34. The van der Waals surface area contributed by atoms with Crippen LogP contribution in [0.1, 0.15) is 38.9 Å². The van der Waals surface area contributed by atoms with E-state index in [-0.39, 0.29) is 0 Å². The molecule has 1 aromatic rings. The number of nitriles is 1. The number of rotatable bonds is 6. The number of aliphatic hydroxyl groups excluding tert-OH is 1. The van der Waals surface area contributed by atoms with Gasteiger partial charge in [0.05, 0.1) is 18.6 Å². The molecule has 0 fully saturated rings.